The summed E-state index contributed by atoms with van der Waals surface area (Å²) in [6.45, 7) is 4.91. The van der Waals surface area contributed by atoms with Gasteiger partial charge >= 0.3 is 0 Å². The summed E-state index contributed by atoms with van der Waals surface area (Å²) < 4.78 is 0. The van der Waals surface area contributed by atoms with Crippen molar-refractivity contribution in [1.29, 1.82) is 0 Å². The van der Waals surface area contributed by atoms with Gasteiger partial charge in [-0.25, -0.2) is 0 Å². The van der Waals surface area contributed by atoms with Gasteiger partial charge in [-0.2, -0.15) is 0 Å². The highest BCUT2D eigenvalue weighted by molar-refractivity contribution is 6.00. The maximum Gasteiger partial charge on any atom is 0.254 e. The molecule has 1 aliphatic rings. The molecule has 0 radical (unpaired) electrons. The van der Waals surface area contributed by atoms with Crippen molar-refractivity contribution in [2.75, 3.05) is 37.3 Å². The Morgan fingerprint density at radius 1 is 0.897 bits per heavy atom. The van der Waals surface area contributed by atoms with E-state index in [0.29, 0.717) is 23.5 Å². The number of nitrogens with one attached hydrogen (secondary N) is 2. The topological polar surface area (TPSA) is 81.8 Å². The second-order valence-electron chi connectivity index (χ2n) is 7.35. The third-order valence-electron chi connectivity index (χ3n) is 4.85. The molecule has 0 aromatic heterocycles. The molecule has 0 aliphatic carbocycles. The number of rotatable bonds is 4. The third kappa shape index (κ3) is 5.20. The summed E-state index contributed by atoms with van der Waals surface area (Å²) >= 11 is 0. The van der Waals surface area contributed by atoms with Crippen molar-refractivity contribution < 1.29 is 14.4 Å². The van der Waals surface area contributed by atoms with Crippen LogP contribution >= 0.6 is 0 Å². The maximum atomic E-state index is 13.4. The van der Waals surface area contributed by atoms with Crippen LogP contribution in [0.2, 0.25) is 0 Å². The van der Waals surface area contributed by atoms with Gasteiger partial charge in [-0.1, -0.05) is 30.3 Å². The van der Waals surface area contributed by atoms with Crippen molar-refractivity contribution in [3.05, 3.63) is 59.7 Å². The van der Waals surface area contributed by atoms with Crippen LogP contribution in [0.3, 0.4) is 0 Å². The van der Waals surface area contributed by atoms with Crippen LogP contribution < -0.4 is 10.6 Å². The molecule has 3 rings (SSSR count). The minimum atomic E-state index is -0.245. The van der Waals surface area contributed by atoms with E-state index < -0.39 is 0 Å². The Hall–Kier alpha value is -3.19. The average molecular weight is 394 g/mol. The Balaban J connectivity index is 1.96. The van der Waals surface area contributed by atoms with E-state index in [9.17, 15) is 14.4 Å². The summed E-state index contributed by atoms with van der Waals surface area (Å²) in [6.07, 6.45) is 0. The Bertz CT molecular complexity index is 879. The first-order valence-electron chi connectivity index (χ1n) is 9.58. The molecule has 1 fully saturated rings. The number of hydrogen-bond donors (Lipinski definition) is 2. The number of nitrogens with zero attached hydrogens (tertiary/aromatic N) is 2. The van der Waals surface area contributed by atoms with Gasteiger partial charge in [0, 0.05) is 50.4 Å². The SMILES string of the molecule is CC(=O)Nc1cc(NC(C)=O)cc(C(=O)N2CCN(C)CC2c2ccccc2)c1. The van der Waals surface area contributed by atoms with Crippen LogP contribution in [0.1, 0.15) is 35.8 Å². The van der Waals surface area contributed by atoms with Crippen molar-refractivity contribution in [1.82, 2.24) is 9.80 Å². The lowest BCUT2D eigenvalue weighted by atomic mass is 10.0. The Morgan fingerprint density at radius 3 is 2.03 bits per heavy atom. The molecular formula is C22H26N4O3. The van der Waals surface area contributed by atoms with Gasteiger partial charge in [0.2, 0.25) is 11.8 Å². The van der Waals surface area contributed by atoms with Crippen LogP contribution in [-0.2, 0) is 9.59 Å². The smallest absolute Gasteiger partial charge is 0.254 e. The summed E-state index contributed by atoms with van der Waals surface area (Å²) in [5, 5.41) is 5.39. The highest BCUT2D eigenvalue weighted by atomic mass is 16.2. The summed E-state index contributed by atoms with van der Waals surface area (Å²) in [6, 6.07) is 14.8. The van der Waals surface area contributed by atoms with Crippen molar-refractivity contribution in [3.8, 4) is 0 Å². The van der Waals surface area contributed by atoms with Gasteiger partial charge in [0.15, 0.2) is 0 Å². The third-order valence-corrected chi connectivity index (χ3v) is 4.85. The van der Waals surface area contributed by atoms with Crippen molar-refractivity contribution in [3.63, 3.8) is 0 Å². The van der Waals surface area contributed by atoms with E-state index in [-0.39, 0.29) is 23.8 Å². The monoisotopic (exact) mass is 394 g/mol. The van der Waals surface area contributed by atoms with E-state index in [0.717, 1.165) is 18.7 Å². The predicted molar refractivity (Wildman–Crippen MR) is 113 cm³/mol. The number of carbonyl (C=O) groups is 3. The van der Waals surface area contributed by atoms with Crippen LogP contribution in [0.15, 0.2) is 48.5 Å². The fourth-order valence-corrected chi connectivity index (χ4v) is 3.59. The highest BCUT2D eigenvalue weighted by Gasteiger charge is 2.31. The number of benzene rings is 2. The maximum absolute atomic E-state index is 13.4. The summed E-state index contributed by atoms with van der Waals surface area (Å²) in [7, 11) is 2.05. The van der Waals surface area contributed by atoms with Gasteiger partial charge in [0.05, 0.1) is 6.04 Å². The molecule has 7 heteroatoms. The number of piperazine rings is 1. The van der Waals surface area contributed by atoms with Gasteiger partial charge in [-0.3, -0.25) is 14.4 Å². The first-order valence-corrected chi connectivity index (χ1v) is 9.58. The molecule has 7 nitrogen and oxygen atoms in total. The van der Waals surface area contributed by atoms with E-state index >= 15 is 0 Å². The average Bonchev–Trinajstić information content (AvgIpc) is 2.67. The second kappa shape index (κ2) is 8.87. The highest BCUT2D eigenvalue weighted by Crippen LogP contribution is 2.28. The molecule has 1 aliphatic heterocycles. The molecule has 1 heterocycles. The molecule has 2 aromatic carbocycles. The molecule has 2 aromatic rings. The van der Waals surface area contributed by atoms with Crippen LogP contribution in [0.5, 0.6) is 0 Å². The Kier molecular flexibility index (Phi) is 6.29. The molecule has 2 N–H and O–H groups in total. The lowest BCUT2D eigenvalue weighted by molar-refractivity contribution is -0.115. The minimum Gasteiger partial charge on any atom is -0.329 e. The van der Waals surface area contributed by atoms with Crippen LogP contribution in [-0.4, -0.2) is 54.2 Å². The lowest BCUT2D eigenvalue weighted by Crippen LogP contribution is -2.49. The van der Waals surface area contributed by atoms with E-state index in [4.69, 9.17) is 0 Å². The zero-order valence-electron chi connectivity index (χ0n) is 16.9. The van der Waals surface area contributed by atoms with Crippen molar-refractivity contribution in [2.45, 2.75) is 19.9 Å². The van der Waals surface area contributed by atoms with E-state index in [2.05, 4.69) is 15.5 Å². The van der Waals surface area contributed by atoms with Gasteiger partial charge in [0.25, 0.3) is 5.91 Å². The predicted octanol–water partition coefficient (Wildman–Crippen LogP) is 2.73. The van der Waals surface area contributed by atoms with E-state index in [1.165, 1.54) is 13.8 Å². The molecule has 3 amide bonds. The summed E-state index contributed by atoms with van der Waals surface area (Å²) in [4.78, 5) is 40.5. The van der Waals surface area contributed by atoms with Gasteiger partial charge in [0.1, 0.15) is 0 Å². The molecule has 0 spiro atoms. The molecular weight excluding hydrogens is 368 g/mol. The number of hydrogen-bond acceptors (Lipinski definition) is 4. The van der Waals surface area contributed by atoms with Gasteiger partial charge in [-0.05, 0) is 30.8 Å². The van der Waals surface area contributed by atoms with Crippen LogP contribution in [0.25, 0.3) is 0 Å². The number of carbonyl (C=O) groups excluding carboxylic acids is 3. The number of amides is 3. The number of likely N-dealkylation sites (N-methyl/N-ethyl adjacent to an activating group) is 1. The Morgan fingerprint density at radius 2 is 1.48 bits per heavy atom. The molecule has 152 valence electrons. The molecule has 1 atom stereocenters. The molecule has 29 heavy (non-hydrogen) atoms. The largest absolute Gasteiger partial charge is 0.329 e. The lowest BCUT2D eigenvalue weighted by Gasteiger charge is -2.40. The van der Waals surface area contributed by atoms with Crippen molar-refractivity contribution in [2.24, 2.45) is 0 Å². The molecule has 0 bridgehead atoms. The van der Waals surface area contributed by atoms with Gasteiger partial charge in [-0.15, -0.1) is 0 Å². The zero-order chi connectivity index (χ0) is 21.0. The molecule has 0 saturated carbocycles. The molecule has 1 saturated heterocycles. The molecule has 1 unspecified atom stereocenters. The zero-order valence-corrected chi connectivity index (χ0v) is 16.9. The van der Waals surface area contributed by atoms with Crippen molar-refractivity contribution >= 4 is 29.1 Å². The van der Waals surface area contributed by atoms with Crippen LogP contribution in [0.4, 0.5) is 11.4 Å². The number of anilines is 2. The van der Waals surface area contributed by atoms with E-state index in [1.54, 1.807) is 18.2 Å². The first kappa shape index (κ1) is 20.5. The normalized spacial score (nSPS) is 16.9. The fraction of sp³-hybridized carbons (Fsp3) is 0.318. The minimum absolute atomic E-state index is 0.0731. The first-order chi connectivity index (χ1) is 13.8. The quantitative estimate of drug-likeness (QED) is 0.836. The van der Waals surface area contributed by atoms with Gasteiger partial charge < -0.3 is 20.4 Å². The van der Waals surface area contributed by atoms with E-state index in [1.807, 2.05) is 42.3 Å². The Labute approximate surface area is 170 Å². The van der Waals surface area contributed by atoms with Crippen LogP contribution in [0, 0.1) is 0 Å². The second-order valence-corrected chi connectivity index (χ2v) is 7.35. The summed E-state index contributed by atoms with van der Waals surface area (Å²) in [5.74, 6) is -0.624. The fourth-order valence-electron chi connectivity index (χ4n) is 3.59. The standard InChI is InChI=1S/C22H26N4O3/c1-15(27)23-19-11-18(12-20(13-19)24-16(2)28)22(29)26-10-9-25(3)14-21(26)17-7-5-4-6-8-17/h4-8,11-13,21H,9-10,14H2,1-3H3,(H,23,27)(H,24,28). The summed E-state index contributed by atoms with van der Waals surface area (Å²) in [5.41, 5.74) is 2.44.